The molecule has 2 unspecified atom stereocenters. The highest BCUT2D eigenvalue weighted by Gasteiger charge is 2.34. The standard InChI is InChI=1S/C19H24N2O4/c1-2-3-11-15(19(24)25)20-18(23)17(14-9-5-4-6-10-14)21-13-8-7-12-16(21)22/h2,4-6,9-10,15,17H,1,3,7-8,11-13H2,(H,20,23)(H,24,25). The van der Waals surface area contributed by atoms with Gasteiger partial charge in [0.2, 0.25) is 11.8 Å². The predicted molar refractivity (Wildman–Crippen MR) is 93.7 cm³/mol. The van der Waals surface area contributed by atoms with Crippen LogP contribution in [-0.2, 0) is 14.4 Å². The molecule has 6 heteroatoms. The average molecular weight is 344 g/mol. The SMILES string of the molecule is C=CCCC(NC(=O)C(c1ccccc1)N1CCCCC1=O)C(=O)O. The molecule has 2 atom stereocenters. The Bertz CT molecular complexity index is 630. The smallest absolute Gasteiger partial charge is 0.326 e. The van der Waals surface area contributed by atoms with Crippen molar-refractivity contribution in [2.24, 2.45) is 0 Å². The van der Waals surface area contributed by atoms with Crippen molar-refractivity contribution in [1.29, 1.82) is 0 Å². The Labute approximate surface area is 147 Å². The normalized spacial score (nSPS) is 16.8. The summed E-state index contributed by atoms with van der Waals surface area (Å²) < 4.78 is 0. The fourth-order valence-corrected chi connectivity index (χ4v) is 3.00. The topological polar surface area (TPSA) is 86.7 Å². The molecule has 1 heterocycles. The lowest BCUT2D eigenvalue weighted by atomic mass is 9.99. The molecule has 25 heavy (non-hydrogen) atoms. The molecule has 134 valence electrons. The van der Waals surface area contributed by atoms with Gasteiger partial charge in [0.05, 0.1) is 0 Å². The molecule has 2 rings (SSSR count). The molecule has 0 radical (unpaired) electrons. The Kier molecular flexibility index (Phi) is 6.74. The largest absolute Gasteiger partial charge is 0.480 e. The van der Waals surface area contributed by atoms with Gasteiger partial charge in [0.25, 0.3) is 0 Å². The van der Waals surface area contributed by atoms with Crippen LogP contribution in [0.2, 0.25) is 0 Å². The second kappa shape index (κ2) is 9.01. The third-order valence-corrected chi connectivity index (χ3v) is 4.31. The van der Waals surface area contributed by atoms with Gasteiger partial charge >= 0.3 is 5.97 Å². The van der Waals surface area contributed by atoms with Crippen LogP contribution in [0.5, 0.6) is 0 Å². The number of benzene rings is 1. The number of amides is 2. The molecular formula is C19H24N2O4. The fourth-order valence-electron chi connectivity index (χ4n) is 3.00. The van der Waals surface area contributed by atoms with E-state index in [1.165, 1.54) is 0 Å². The predicted octanol–water partition coefficient (Wildman–Crippen LogP) is 2.28. The highest BCUT2D eigenvalue weighted by atomic mass is 16.4. The van der Waals surface area contributed by atoms with Crippen molar-refractivity contribution in [1.82, 2.24) is 10.2 Å². The monoisotopic (exact) mass is 344 g/mol. The lowest BCUT2D eigenvalue weighted by Gasteiger charge is -2.34. The van der Waals surface area contributed by atoms with E-state index in [2.05, 4.69) is 11.9 Å². The van der Waals surface area contributed by atoms with E-state index in [1.54, 1.807) is 35.2 Å². The summed E-state index contributed by atoms with van der Waals surface area (Å²) in [4.78, 5) is 38.2. The van der Waals surface area contributed by atoms with E-state index in [0.717, 1.165) is 12.8 Å². The third-order valence-electron chi connectivity index (χ3n) is 4.31. The maximum Gasteiger partial charge on any atom is 0.326 e. The van der Waals surface area contributed by atoms with Gasteiger partial charge in [0.15, 0.2) is 0 Å². The summed E-state index contributed by atoms with van der Waals surface area (Å²) in [5.41, 5.74) is 0.683. The van der Waals surface area contributed by atoms with E-state index in [9.17, 15) is 19.5 Å². The summed E-state index contributed by atoms with van der Waals surface area (Å²) in [6.45, 7) is 4.07. The van der Waals surface area contributed by atoms with Crippen LogP contribution in [0.4, 0.5) is 0 Å². The van der Waals surface area contributed by atoms with Gasteiger partial charge in [-0.1, -0.05) is 36.4 Å². The molecule has 1 fully saturated rings. The summed E-state index contributed by atoms with van der Waals surface area (Å²) >= 11 is 0. The molecule has 2 amide bonds. The van der Waals surface area contributed by atoms with Crippen molar-refractivity contribution in [2.75, 3.05) is 6.54 Å². The van der Waals surface area contributed by atoms with Gasteiger partial charge in [-0.05, 0) is 31.2 Å². The second-order valence-corrected chi connectivity index (χ2v) is 6.12. The van der Waals surface area contributed by atoms with Gasteiger partial charge < -0.3 is 15.3 Å². The highest BCUT2D eigenvalue weighted by molar-refractivity contribution is 5.91. The minimum atomic E-state index is -1.09. The van der Waals surface area contributed by atoms with E-state index in [1.807, 2.05) is 6.07 Å². The maximum atomic E-state index is 12.9. The number of aliphatic carboxylic acids is 1. The average Bonchev–Trinajstić information content (AvgIpc) is 2.61. The molecule has 2 N–H and O–H groups in total. The minimum Gasteiger partial charge on any atom is -0.480 e. The molecule has 6 nitrogen and oxygen atoms in total. The van der Waals surface area contributed by atoms with Gasteiger partial charge in [-0.25, -0.2) is 4.79 Å². The van der Waals surface area contributed by atoms with Crippen LogP contribution >= 0.6 is 0 Å². The van der Waals surface area contributed by atoms with Gasteiger partial charge in [0.1, 0.15) is 12.1 Å². The quantitative estimate of drug-likeness (QED) is 0.708. The molecular weight excluding hydrogens is 320 g/mol. The number of nitrogens with one attached hydrogen (secondary N) is 1. The highest BCUT2D eigenvalue weighted by Crippen LogP contribution is 2.26. The first-order valence-corrected chi connectivity index (χ1v) is 8.53. The lowest BCUT2D eigenvalue weighted by Crippen LogP contribution is -2.49. The summed E-state index contributed by atoms with van der Waals surface area (Å²) in [5, 5.41) is 11.9. The number of carboxylic acids is 1. The van der Waals surface area contributed by atoms with E-state index < -0.39 is 24.0 Å². The Hall–Kier alpha value is -2.63. The molecule has 0 aliphatic carbocycles. The van der Waals surface area contributed by atoms with Crippen LogP contribution in [0.15, 0.2) is 43.0 Å². The van der Waals surface area contributed by atoms with Crippen molar-refractivity contribution < 1.29 is 19.5 Å². The number of hydrogen-bond acceptors (Lipinski definition) is 3. The first-order valence-electron chi connectivity index (χ1n) is 8.53. The van der Waals surface area contributed by atoms with Gasteiger partial charge in [0, 0.05) is 13.0 Å². The van der Waals surface area contributed by atoms with Crippen molar-refractivity contribution in [3.05, 3.63) is 48.6 Å². The molecule has 1 aliphatic heterocycles. The van der Waals surface area contributed by atoms with Gasteiger partial charge in [-0.2, -0.15) is 0 Å². The Morgan fingerprint density at radius 3 is 2.60 bits per heavy atom. The summed E-state index contributed by atoms with van der Waals surface area (Å²) in [7, 11) is 0. The number of carbonyl (C=O) groups is 3. The Morgan fingerprint density at radius 2 is 2.00 bits per heavy atom. The first-order chi connectivity index (χ1) is 12.0. The van der Waals surface area contributed by atoms with Crippen molar-refractivity contribution in [3.63, 3.8) is 0 Å². The number of carboxylic acid groups (broad SMARTS) is 1. The zero-order valence-electron chi connectivity index (χ0n) is 14.2. The van der Waals surface area contributed by atoms with Crippen molar-refractivity contribution in [2.45, 2.75) is 44.2 Å². The zero-order chi connectivity index (χ0) is 18.2. The van der Waals surface area contributed by atoms with Crippen LogP contribution in [0.25, 0.3) is 0 Å². The number of rotatable bonds is 8. The lowest BCUT2D eigenvalue weighted by molar-refractivity contribution is -0.146. The molecule has 0 spiro atoms. The maximum absolute atomic E-state index is 12.9. The molecule has 0 aromatic heterocycles. The van der Waals surface area contributed by atoms with E-state index in [0.29, 0.717) is 24.9 Å². The summed E-state index contributed by atoms with van der Waals surface area (Å²) in [6, 6.07) is 7.20. The second-order valence-electron chi connectivity index (χ2n) is 6.12. The summed E-state index contributed by atoms with van der Waals surface area (Å²) in [6.07, 6.45) is 4.42. The third kappa shape index (κ3) is 4.92. The van der Waals surface area contributed by atoms with Crippen molar-refractivity contribution >= 4 is 17.8 Å². The number of hydrogen-bond donors (Lipinski definition) is 2. The molecule has 1 aliphatic rings. The van der Waals surface area contributed by atoms with Crippen LogP contribution in [-0.4, -0.2) is 40.4 Å². The first kappa shape index (κ1) is 18.7. The van der Waals surface area contributed by atoms with Crippen LogP contribution in [0.3, 0.4) is 0 Å². The zero-order valence-corrected chi connectivity index (χ0v) is 14.2. The molecule has 1 saturated heterocycles. The van der Waals surface area contributed by atoms with E-state index in [-0.39, 0.29) is 12.3 Å². The molecule has 1 aromatic carbocycles. The fraction of sp³-hybridized carbons (Fsp3) is 0.421. The number of carbonyl (C=O) groups excluding carboxylic acids is 2. The van der Waals surface area contributed by atoms with Crippen LogP contribution in [0, 0.1) is 0 Å². The number of allylic oxidation sites excluding steroid dienone is 1. The van der Waals surface area contributed by atoms with E-state index >= 15 is 0 Å². The molecule has 0 bridgehead atoms. The number of nitrogens with zero attached hydrogens (tertiary/aromatic N) is 1. The number of likely N-dealkylation sites (tertiary alicyclic amines) is 1. The molecule has 0 saturated carbocycles. The summed E-state index contributed by atoms with van der Waals surface area (Å²) in [5.74, 6) is -1.63. The van der Waals surface area contributed by atoms with Crippen molar-refractivity contribution in [3.8, 4) is 0 Å². The Balaban J connectivity index is 2.24. The van der Waals surface area contributed by atoms with Crippen LogP contribution in [0.1, 0.15) is 43.7 Å². The van der Waals surface area contributed by atoms with Gasteiger partial charge in [-0.3, -0.25) is 9.59 Å². The minimum absolute atomic E-state index is 0.0757. The van der Waals surface area contributed by atoms with Gasteiger partial charge in [-0.15, -0.1) is 6.58 Å². The Morgan fingerprint density at radius 1 is 1.28 bits per heavy atom. The van der Waals surface area contributed by atoms with E-state index in [4.69, 9.17) is 0 Å². The van der Waals surface area contributed by atoms with Crippen LogP contribution < -0.4 is 5.32 Å². The number of piperidine rings is 1. The molecule has 1 aromatic rings.